The number of aromatic hydroxyl groups is 1. The van der Waals surface area contributed by atoms with Crippen LogP contribution in [0.5, 0.6) is 5.75 Å². The molecular formula is C22H15N3O4S. The SMILES string of the molecule is O=C(/C=C/c1cccc([N+](=O)[O-])c1)Nc1ccc(O)c(-c2nc3ccccc3s2)c1. The van der Waals surface area contributed by atoms with E-state index >= 15 is 0 Å². The molecule has 0 spiro atoms. The summed E-state index contributed by atoms with van der Waals surface area (Å²) in [6, 6.07) is 18.4. The number of fused-ring (bicyclic) bond motifs is 1. The van der Waals surface area contributed by atoms with Crippen molar-refractivity contribution in [2.24, 2.45) is 0 Å². The third kappa shape index (κ3) is 4.18. The average molecular weight is 417 g/mol. The molecule has 4 aromatic rings. The number of thiazole rings is 1. The Kier molecular flexibility index (Phi) is 5.23. The maximum absolute atomic E-state index is 12.3. The van der Waals surface area contributed by atoms with Crippen LogP contribution in [0.4, 0.5) is 11.4 Å². The van der Waals surface area contributed by atoms with E-state index in [1.165, 1.54) is 41.7 Å². The minimum atomic E-state index is -0.489. The summed E-state index contributed by atoms with van der Waals surface area (Å²) >= 11 is 1.45. The van der Waals surface area contributed by atoms with Crippen LogP contribution in [-0.2, 0) is 4.79 Å². The van der Waals surface area contributed by atoms with Gasteiger partial charge in [0, 0.05) is 23.9 Å². The number of phenols is 1. The number of rotatable bonds is 5. The predicted molar refractivity (Wildman–Crippen MR) is 117 cm³/mol. The second-order valence-corrected chi connectivity index (χ2v) is 7.42. The number of nitro groups is 1. The topological polar surface area (TPSA) is 105 Å². The standard InChI is InChI=1S/C22H15N3O4S/c26-19-10-9-15(13-17(19)22-24-18-6-1-2-7-20(18)30-22)23-21(27)11-8-14-4-3-5-16(12-14)25(28)29/h1-13,26H,(H,23,27)/b11-8+. The van der Waals surface area contributed by atoms with E-state index in [0.29, 0.717) is 21.8 Å². The van der Waals surface area contributed by atoms with Crippen LogP contribution in [0.25, 0.3) is 26.9 Å². The highest BCUT2D eigenvalue weighted by atomic mass is 32.1. The molecule has 30 heavy (non-hydrogen) atoms. The molecule has 0 fully saturated rings. The van der Waals surface area contributed by atoms with Crippen molar-refractivity contribution < 1.29 is 14.8 Å². The van der Waals surface area contributed by atoms with Crippen LogP contribution in [-0.4, -0.2) is 20.9 Å². The molecule has 0 unspecified atom stereocenters. The Morgan fingerprint density at radius 3 is 2.73 bits per heavy atom. The molecule has 7 nitrogen and oxygen atoms in total. The van der Waals surface area contributed by atoms with Gasteiger partial charge in [-0.3, -0.25) is 14.9 Å². The number of nitrogens with zero attached hydrogens (tertiary/aromatic N) is 2. The highest BCUT2D eigenvalue weighted by Crippen LogP contribution is 2.36. The second-order valence-electron chi connectivity index (χ2n) is 6.39. The van der Waals surface area contributed by atoms with Gasteiger partial charge in [0.15, 0.2) is 0 Å². The number of aromatic nitrogens is 1. The number of anilines is 1. The lowest BCUT2D eigenvalue weighted by Crippen LogP contribution is -2.07. The Balaban J connectivity index is 1.53. The quantitative estimate of drug-likeness (QED) is 0.200. The van der Waals surface area contributed by atoms with Crippen LogP contribution in [0.3, 0.4) is 0 Å². The monoisotopic (exact) mass is 417 g/mol. The van der Waals surface area contributed by atoms with Crippen molar-refractivity contribution in [2.75, 3.05) is 5.32 Å². The van der Waals surface area contributed by atoms with Gasteiger partial charge in [-0.25, -0.2) is 4.98 Å². The lowest BCUT2D eigenvalue weighted by Gasteiger charge is -2.06. The van der Waals surface area contributed by atoms with Crippen molar-refractivity contribution in [3.05, 3.63) is 88.5 Å². The normalized spacial score (nSPS) is 11.1. The van der Waals surface area contributed by atoms with E-state index in [-0.39, 0.29) is 11.4 Å². The van der Waals surface area contributed by atoms with Crippen molar-refractivity contribution in [3.63, 3.8) is 0 Å². The molecule has 0 aliphatic carbocycles. The molecule has 8 heteroatoms. The van der Waals surface area contributed by atoms with Crippen molar-refractivity contribution in [1.29, 1.82) is 0 Å². The molecule has 4 rings (SSSR count). The van der Waals surface area contributed by atoms with Crippen LogP contribution in [0.15, 0.2) is 72.8 Å². The van der Waals surface area contributed by atoms with Crippen LogP contribution < -0.4 is 5.32 Å². The number of benzene rings is 3. The third-order valence-electron chi connectivity index (χ3n) is 4.30. The largest absolute Gasteiger partial charge is 0.507 e. The average Bonchev–Trinajstić information content (AvgIpc) is 3.18. The lowest BCUT2D eigenvalue weighted by atomic mass is 10.1. The lowest BCUT2D eigenvalue weighted by molar-refractivity contribution is -0.384. The Labute approximate surface area is 175 Å². The summed E-state index contributed by atoms with van der Waals surface area (Å²) in [7, 11) is 0. The van der Waals surface area contributed by atoms with E-state index in [1.54, 1.807) is 24.3 Å². The summed E-state index contributed by atoms with van der Waals surface area (Å²) in [5.74, 6) is -0.332. The number of hydrogen-bond donors (Lipinski definition) is 2. The molecule has 1 heterocycles. The van der Waals surface area contributed by atoms with Gasteiger partial charge in [-0.15, -0.1) is 11.3 Å². The van der Waals surface area contributed by atoms with Gasteiger partial charge in [-0.2, -0.15) is 0 Å². The number of non-ortho nitro benzene ring substituents is 1. The van der Waals surface area contributed by atoms with Gasteiger partial charge in [-0.05, 0) is 42.0 Å². The van der Waals surface area contributed by atoms with Crippen LogP contribution in [0.2, 0.25) is 0 Å². The summed E-state index contributed by atoms with van der Waals surface area (Å²) < 4.78 is 1.00. The first-order valence-electron chi connectivity index (χ1n) is 8.92. The molecule has 3 aromatic carbocycles. The summed E-state index contributed by atoms with van der Waals surface area (Å²) in [4.78, 5) is 27.2. The second kappa shape index (κ2) is 8.14. The molecular weight excluding hydrogens is 402 g/mol. The van der Waals surface area contributed by atoms with Gasteiger partial charge in [0.1, 0.15) is 10.8 Å². The smallest absolute Gasteiger partial charge is 0.270 e. The third-order valence-corrected chi connectivity index (χ3v) is 5.37. The Morgan fingerprint density at radius 1 is 1.10 bits per heavy atom. The maximum atomic E-state index is 12.3. The zero-order valence-corrected chi connectivity index (χ0v) is 16.3. The number of hydrogen-bond acceptors (Lipinski definition) is 6. The highest BCUT2D eigenvalue weighted by molar-refractivity contribution is 7.21. The van der Waals surface area contributed by atoms with Gasteiger partial charge in [0.05, 0.1) is 20.7 Å². The van der Waals surface area contributed by atoms with Crippen LogP contribution in [0, 0.1) is 10.1 Å². The highest BCUT2D eigenvalue weighted by Gasteiger charge is 2.12. The molecule has 2 N–H and O–H groups in total. The molecule has 0 saturated carbocycles. The van der Waals surface area contributed by atoms with Gasteiger partial charge in [-0.1, -0.05) is 24.3 Å². The maximum Gasteiger partial charge on any atom is 0.270 e. The molecule has 1 aromatic heterocycles. The van der Waals surface area contributed by atoms with Crippen LogP contribution >= 0.6 is 11.3 Å². The Morgan fingerprint density at radius 2 is 1.93 bits per heavy atom. The first kappa shape index (κ1) is 19.3. The molecule has 148 valence electrons. The fourth-order valence-corrected chi connectivity index (χ4v) is 3.86. The minimum Gasteiger partial charge on any atom is -0.507 e. The first-order valence-corrected chi connectivity index (χ1v) is 9.74. The van der Waals surface area contributed by atoms with Gasteiger partial charge in [0.2, 0.25) is 5.91 Å². The van der Waals surface area contributed by atoms with Crippen molar-refractivity contribution >= 4 is 44.9 Å². The Bertz CT molecular complexity index is 1260. The molecule has 0 atom stereocenters. The van der Waals surface area contributed by atoms with Crippen molar-refractivity contribution in [2.45, 2.75) is 0 Å². The predicted octanol–water partition coefficient (Wildman–Crippen LogP) is 5.23. The fraction of sp³-hybridized carbons (Fsp3) is 0. The number of carbonyl (C=O) groups is 1. The first-order chi connectivity index (χ1) is 14.5. The number of carbonyl (C=O) groups excluding carboxylic acids is 1. The minimum absolute atomic E-state index is 0.0448. The molecule has 0 saturated heterocycles. The fourth-order valence-electron chi connectivity index (χ4n) is 2.87. The number of nitro benzene ring substituents is 1. The van der Waals surface area contributed by atoms with Crippen LogP contribution in [0.1, 0.15) is 5.56 Å². The number of amides is 1. The number of para-hydroxylation sites is 1. The summed E-state index contributed by atoms with van der Waals surface area (Å²) in [6.45, 7) is 0. The van der Waals surface area contributed by atoms with E-state index in [0.717, 1.165) is 10.2 Å². The molecule has 0 radical (unpaired) electrons. The van der Waals surface area contributed by atoms with Crippen molar-refractivity contribution in [1.82, 2.24) is 4.98 Å². The molecule has 1 amide bonds. The van der Waals surface area contributed by atoms with Crippen molar-refractivity contribution in [3.8, 4) is 16.3 Å². The Hall–Kier alpha value is -4.04. The molecule has 0 bridgehead atoms. The summed E-state index contributed by atoms with van der Waals surface area (Å²) in [6.07, 6.45) is 2.79. The zero-order chi connectivity index (χ0) is 21.1. The van der Waals surface area contributed by atoms with E-state index in [1.807, 2.05) is 24.3 Å². The van der Waals surface area contributed by atoms with E-state index in [2.05, 4.69) is 10.3 Å². The van der Waals surface area contributed by atoms with E-state index < -0.39 is 10.8 Å². The molecule has 0 aliphatic heterocycles. The summed E-state index contributed by atoms with van der Waals surface area (Å²) in [5.41, 5.74) is 2.36. The van der Waals surface area contributed by atoms with E-state index in [9.17, 15) is 20.0 Å². The number of phenolic OH excluding ortho intramolecular Hbond substituents is 1. The molecule has 0 aliphatic rings. The van der Waals surface area contributed by atoms with Gasteiger partial charge < -0.3 is 10.4 Å². The van der Waals surface area contributed by atoms with E-state index in [4.69, 9.17) is 0 Å². The number of nitrogens with one attached hydrogen (secondary N) is 1. The van der Waals surface area contributed by atoms with Gasteiger partial charge >= 0.3 is 0 Å². The van der Waals surface area contributed by atoms with Gasteiger partial charge in [0.25, 0.3) is 5.69 Å². The zero-order valence-electron chi connectivity index (χ0n) is 15.5. The summed E-state index contributed by atoms with van der Waals surface area (Å²) in [5, 5.41) is 24.5.